The van der Waals surface area contributed by atoms with Crippen molar-refractivity contribution in [2.45, 2.75) is 44.6 Å². The molecule has 104 valence electrons. The van der Waals surface area contributed by atoms with E-state index in [0.29, 0.717) is 5.92 Å². The maximum atomic E-state index is 10.7. The molecule has 19 heavy (non-hydrogen) atoms. The molecule has 4 fully saturated rings. The Hall–Kier alpha value is 0.140. The second-order valence-corrected chi connectivity index (χ2v) is 8.92. The zero-order chi connectivity index (χ0) is 13.0. The van der Waals surface area contributed by atoms with Gasteiger partial charge in [-0.05, 0) is 83.7 Å². The molecule has 0 aliphatic heterocycles. The lowest BCUT2D eigenvalue weighted by Gasteiger charge is -2.55. The zero-order valence-electron chi connectivity index (χ0n) is 11.1. The highest BCUT2D eigenvalue weighted by Gasteiger charge is 2.50. The molecule has 0 spiro atoms. The normalized spacial score (nSPS) is 41.7. The molecule has 4 aliphatic rings. The monoisotopic (exact) mass is 340 g/mol. The highest BCUT2D eigenvalue weighted by atomic mass is 79.9. The third-order valence-electron chi connectivity index (χ3n) is 5.78. The molecule has 1 aromatic rings. The topological polar surface area (TPSA) is 20.2 Å². The largest absolute Gasteiger partial charge is 0.392 e. The first-order chi connectivity index (χ1) is 9.19. The Kier molecular flexibility index (Phi) is 3.28. The van der Waals surface area contributed by atoms with Crippen LogP contribution in [0.25, 0.3) is 0 Å². The molecule has 1 heterocycles. The lowest BCUT2D eigenvalue weighted by molar-refractivity contribution is -0.0885. The van der Waals surface area contributed by atoms with E-state index in [4.69, 9.17) is 0 Å². The first kappa shape index (κ1) is 12.8. The molecule has 1 unspecified atom stereocenters. The number of hydrogen-bond donors (Lipinski definition) is 1. The fourth-order valence-corrected chi connectivity index (χ4v) is 6.90. The molecular weight excluding hydrogens is 320 g/mol. The maximum absolute atomic E-state index is 10.7. The molecule has 1 aromatic heterocycles. The van der Waals surface area contributed by atoms with Gasteiger partial charge in [0.25, 0.3) is 0 Å². The van der Waals surface area contributed by atoms with E-state index in [1.54, 1.807) is 11.3 Å². The average Bonchev–Trinajstić information content (AvgIpc) is 2.73. The van der Waals surface area contributed by atoms with Crippen molar-refractivity contribution in [3.63, 3.8) is 0 Å². The van der Waals surface area contributed by atoms with Gasteiger partial charge in [-0.15, -0.1) is 11.3 Å². The number of thiophene rings is 1. The second-order valence-electron chi connectivity index (χ2n) is 7.01. The highest BCUT2D eigenvalue weighted by Crippen LogP contribution is 2.57. The smallest absolute Gasteiger partial charge is 0.0621 e. The van der Waals surface area contributed by atoms with E-state index < -0.39 is 0 Å². The minimum absolute atomic E-state index is 0.111. The van der Waals surface area contributed by atoms with Crippen LogP contribution in [0.4, 0.5) is 0 Å². The number of aliphatic hydroxyl groups excluding tert-OH is 1. The van der Waals surface area contributed by atoms with Crippen LogP contribution < -0.4 is 0 Å². The highest BCUT2D eigenvalue weighted by molar-refractivity contribution is 9.10. The fourth-order valence-electron chi connectivity index (χ4n) is 5.40. The molecule has 0 aromatic carbocycles. The van der Waals surface area contributed by atoms with E-state index in [-0.39, 0.29) is 6.10 Å². The van der Waals surface area contributed by atoms with Crippen molar-refractivity contribution >= 4 is 27.3 Å². The van der Waals surface area contributed by atoms with Gasteiger partial charge in [0.1, 0.15) is 0 Å². The van der Waals surface area contributed by atoms with Crippen LogP contribution in [0.3, 0.4) is 0 Å². The molecule has 0 amide bonds. The first-order valence-electron chi connectivity index (χ1n) is 7.60. The quantitative estimate of drug-likeness (QED) is 0.859. The maximum Gasteiger partial charge on any atom is 0.0621 e. The molecule has 4 aliphatic carbocycles. The van der Waals surface area contributed by atoms with Gasteiger partial charge < -0.3 is 5.11 Å². The number of halogens is 1. The van der Waals surface area contributed by atoms with Gasteiger partial charge in [0, 0.05) is 21.2 Å². The molecule has 4 saturated carbocycles. The molecule has 5 rings (SSSR count). The van der Waals surface area contributed by atoms with Gasteiger partial charge >= 0.3 is 0 Å². The predicted octanol–water partition coefficient (Wildman–Crippen LogP) is 4.49. The molecule has 3 heteroatoms. The van der Waals surface area contributed by atoms with Crippen LogP contribution in [-0.2, 0) is 6.42 Å². The van der Waals surface area contributed by atoms with Gasteiger partial charge in [-0.1, -0.05) is 0 Å². The van der Waals surface area contributed by atoms with Gasteiger partial charge in [-0.3, -0.25) is 0 Å². The number of hydrogen-bond acceptors (Lipinski definition) is 2. The summed E-state index contributed by atoms with van der Waals surface area (Å²) in [7, 11) is 0. The van der Waals surface area contributed by atoms with Crippen molar-refractivity contribution in [1.82, 2.24) is 0 Å². The average molecular weight is 341 g/mol. The van der Waals surface area contributed by atoms with E-state index in [1.165, 1.54) is 37.0 Å². The van der Waals surface area contributed by atoms with Crippen molar-refractivity contribution < 1.29 is 5.11 Å². The summed E-state index contributed by atoms with van der Waals surface area (Å²) in [6.45, 7) is 0. The summed E-state index contributed by atoms with van der Waals surface area (Å²) >= 11 is 5.28. The summed E-state index contributed by atoms with van der Waals surface area (Å²) in [5, 5.41) is 12.9. The predicted molar refractivity (Wildman–Crippen MR) is 82.3 cm³/mol. The van der Waals surface area contributed by atoms with E-state index in [9.17, 15) is 5.11 Å². The van der Waals surface area contributed by atoms with E-state index in [2.05, 4.69) is 27.4 Å². The van der Waals surface area contributed by atoms with Crippen molar-refractivity contribution in [2.75, 3.05) is 0 Å². The fraction of sp³-hybridized carbons (Fsp3) is 0.750. The SMILES string of the molecule is OC(Cc1cc(Br)cs1)C1C2CC3CC(C2)CC1C3. The third-order valence-corrected chi connectivity index (χ3v) is 7.50. The third kappa shape index (κ3) is 2.32. The van der Waals surface area contributed by atoms with Crippen LogP contribution in [0.15, 0.2) is 15.9 Å². The Bertz CT molecular complexity index is 441. The van der Waals surface area contributed by atoms with Crippen LogP contribution in [0, 0.1) is 29.6 Å². The molecule has 0 saturated heterocycles. The molecule has 1 nitrogen and oxygen atoms in total. The van der Waals surface area contributed by atoms with Crippen molar-refractivity contribution in [3.8, 4) is 0 Å². The number of rotatable bonds is 3. The van der Waals surface area contributed by atoms with Crippen LogP contribution in [-0.4, -0.2) is 11.2 Å². The standard InChI is InChI=1S/C16H21BrOS/c17-13-6-14(19-8-13)7-15(18)16-11-2-9-1-10(4-11)5-12(16)3-9/h6,8-12,15-16,18H,1-5,7H2. The first-order valence-corrected chi connectivity index (χ1v) is 9.27. The summed E-state index contributed by atoms with van der Waals surface area (Å²) in [5.74, 6) is 4.25. The van der Waals surface area contributed by atoms with Crippen molar-refractivity contribution in [3.05, 3.63) is 20.8 Å². The van der Waals surface area contributed by atoms with E-state index >= 15 is 0 Å². The van der Waals surface area contributed by atoms with Crippen molar-refractivity contribution in [2.24, 2.45) is 29.6 Å². The van der Waals surface area contributed by atoms with Gasteiger partial charge in [-0.25, -0.2) is 0 Å². The summed E-state index contributed by atoms with van der Waals surface area (Å²) in [4.78, 5) is 1.33. The van der Waals surface area contributed by atoms with Gasteiger partial charge in [0.2, 0.25) is 0 Å². The van der Waals surface area contributed by atoms with Crippen LogP contribution >= 0.6 is 27.3 Å². The molecule has 4 bridgehead atoms. The van der Waals surface area contributed by atoms with Gasteiger partial charge in [0.05, 0.1) is 6.10 Å². The molecular formula is C16H21BrOS. The molecule has 1 N–H and O–H groups in total. The van der Waals surface area contributed by atoms with Crippen LogP contribution in [0.5, 0.6) is 0 Å². The lowest BCUT2D eigenvalue weighted by atomic mass is 9.50. The zero-order valence-corrected chi connectivity index (χ0v) is 13.5. The minimum atomic E-state index is -0.111. The van der Waals surface area contributed by atoms with Crippen molar-refractivity contribution in [1.29, 1.82) is 0 Å². The van der Waals surface area contributed by atoms with E-state index in [1.807, 2.05) is 0 Å². The van der Waals surface area contributed by atoms with E-state index in [0.717, 1.165) is 34.6 Å². The van der Waals surface area contributed by atoms with Crippen LogP contribution in [0.1, 0.15) is 37.0 Å². The molecule has 0 radical (unpaired) electrons. The Labute approximate surface area is 127 Å². The van der Waals surface area contributed by atoms with Gasteiger partial charge in [-0.2, -0.15) is 0 Å². The van der Waals surface area contributed by atoms with Crippen LogP contribution in [0.2, 0.25) is 0 Å². The molecule has 1 atom stereocenters. The Balaban J connectivity index is 1.49. The van der Waals surface area contributed by atoms with Gasteiger partial charge in [0.15, 0.2) is 0 Å². The number of aliphatic hydroxyl groups is 1. The Morgan fingerprint density at radius 2 is 1.79 bits per heavy atom. The summed E-state index contributed by atoms with van der Waals surface area (Å²) in [6.07, 6.45) is 7.87. The summed E-state index contributed by atoms with van der Waals surface area (Å²) < 4.78 is 1.16. The summed E-state index contributed by atoms with van der Waals surface area (Å²) in [6, 6.07) is 2.17. The Morgan fingerprint density at radius 3 is 2.32 bits per heavy atom. The Morgan fingerprint density at radius 1 is 1.16 bits per heavy atom. The lowest BCUT2D eigenvalue weighted by Crippen LogP contribution is -2.49. The second kappa shape index (κ2) is 4.85. The minimum Gasteiger partial charge on any atom is -0.392 e. The summed E-state index contributed by atoms with van der Waals surface area (Å²) in [5.41, 5.74) is 0.